The number of hydrogen-bond donors (Lipinski definition) is 0. The standard InChI is InChI=1S/C54H32F3N5/c55-54(56,57)44-31-38(25-28-52(44)62-47-20-10-7-17-39(47)40-18-8-11-21-48(40)62)37-24-27-50-42(30-37)41-19-9-12-22-49(41)61(50)51-26-23-34(33-58)29-43(51)53-59-45(35-13-3-1-4-14-35)32-46(60-53)36-15-5-2-6-16-36/h1-32H. The van der Waals surface area contributed by atoms with Gasteiger partial charge < -0.3 is 9.13 Å². The smallest absolute Gasteiger partial charge is 0.309 e. The summed E-state index contributed by atoms with van der Waals surface area (Å²) >= 11 is 0. The van der Waals surface area contributed by atoms with Crippen LogP contribution in [0.25, 0.3) is 100 Å². The zero-order chi connectivity index (χ0) is 42.0. The molecule has 62 heavy (non-hydrogen) atoms. The van der Waals surface area contributed by atoms with Crippen molar-refractivity contribution < 1.29 is 13.2 Å². The van der Waals surface area contributed by atoms with E-state index in [9.17, 15) is 5.26 Å². The van der Waals surface area contributed by atoms with Crippen LogP contribution >= 0.6 is 0 Å². The molecular formula is C54H32F3N5. The Balaban J connectivity index is 1.10. The van der Waals surface area contributed by atoms with Crippen molar-refractivity contribution in [3.8, 4) is 62.5 Å². The van der Waals surface area contributed by atoms with Crippen molar-refractivity contribution in [3.05, 3.63) is 205 Å². The van der Waals surface area contributed by atoms with Crippen molar-refractivity contribution in [2.24, 2.45) is 0 Å². The summed E-state index contributed by atoms with van der Waals surface area (Å²) in [4.78, 5) is 10.2. The number of halogens is 3. The Morgan fingerprint density at radius 3 is 1.45 bits per heavy atom. The number of rotatable bonds is 6. The zero-order valence-electron chi connectivity index (χ0n) is 32.8. The first-order valence-corrected chi connectivity index (χ1v) is 20.1. The SMILES string of the molecule is N#Cc1ccc(-n2c3ccccc3c3cc(-c4ccc(-n5c6ccccc6c6ccccc65)c(C(F)(F)F)c4)ccc32)c(-c2nc(-c3ccccc3)cc(-c3ccccc3)n2)c1. The summed E-state index contributed by atoms with van der Waals surface area (Å²) in [5, 5.41) is 13.7. The second-order valence-electron chi connectivity index (χ2n) is 15.2. The summed E-state index contributed by atoms with van der Waals surface area (Å²) in [6, 6.07) is 63.1. The van der Waals surface area contributed by atoms with Crippen molar-refractivity contribution in [3.63, 3.8) is 0 Å². The van der Waals surface area contributed by atoms with E-state index in [0.717, 1.165) is 60.8 Å². The van der Waals surface area contributed by atoms with E-state index >= 15 is 13.2 Å². The maximum Gasteiger partial charge on any atom is 0.418 e. The molecule has 8 heteroatoms. The number of benzene rings is 8. The fourth-order valence-corrected chi connectivity index (χ4v) is 8.79. The maximum absolute atomic E-state index is 15.2. The van der Waals surface area contributed by atoms with Crippen molar-refractivity contribution in [2.75, 3.05) is 0 Å². The number of aromatic nitrogens is 4. The monoisotopic (exact) mass is 807 g/mol. The molecule has 0 bridgehead atoms. The molecule has 0 fully saturated rings. The van der Waals surface area contributed by atoms with Crippen molar-refractivity contribution in [2.45, 2.75) is 6.18 Å². The van der Waals surface area contributed by atoms with Gasteiger partial charge in [0, 0.05) is 38.2 Å². The van der Waals surface area contributed by atoms with Crippen LogP contribution in [0.4, 0.5) is 13.2 Å². The lowest BCUT2D eigenvalue weighted by molar-refractivity contribution is -0.137. The summed E-state index contributed by atoms with van der Waals surface area (Å²) < 4.78 is 49.5. The molecule has 0 saturated carbocycles. The van der Waals surface area contributed by atoms with E-state index in [1.54, 1.807) is 22.8 Å². The van der Waals surface area contributed by atoms with Crippen LogP contribution in [-0.2, 0) is 6.18 Å². The first-order valence-electron chi connectivity index (χ1n) is 20.1. The predicted octanol–water partition coefficient (Wildman–Crippen LogP) is 14.2. The predicted molar refractivity (Wildman–Crippen MR) is 242 cm³/mol. The number of hydrogen-bond acceptors (Lipinski definition) is 3. The number of nitriles is 1. The molecule has 3 heterocycles. The molecule has 0 unspecified atom stereocenters. The number of para-hydroxylation sites is 3. The van der Waals surface area contributed by atoms with Gasteiger partial charge in [-0.15, -0.1) is 0 Å². The summed E-state index contributed by atoms with van der Waals surface area (Å²) in [5.41, 5.74) is 8.73. The molecule has 0 amide bonds. The molecule has 5 nitrogen and oxygen atoms in total. The van der Waals surface area contributed by atoms with Gasteiger partial charge >= 0.3 is 6.18 Å². The molecule has 294 valence electrons. The quantitative estimate of drug-likeness (QED) is 0.168. The molecule has 0 atom stereocenters. The summed E-state index contributed by atoms with van der Waals surface area (Å²) in [6.07, 6.45) is -4.63. The van der Waals surface area contributed by atoms with Crippen LogP contribution < -0.4 is 0 Å². The lowest BCUT2D eigenvalue weighted by Crippen LogP contribution is -2.11. The molecule has 0 aliphatic rings. The third kappa shape index (κ3) is 6.10. The second-order valence-corrected chi connectivity index (χ2v) is 15.2. The van der Waals surface area contributed by atoms with E-state index in [2.05, 4.69) is 10.6 Å². The van der Waals surface area contributed by atoms with E-state index in [1.165, 1.54) is 6.07 Å². The van der Waals surface area contributed by atoms with Crippen molar-refractivity contribution >= 4 is 43.6 Å². The highest BCUT2D eigenvalue weighted by Gasteiger charge is 2.35. The highest BCUT2D eigenvalue weighted by atomic mass is 19.4. The van der Waals surface area contributed by atoms with Crippen LogP contribution in [-0.4, -0.2) is 19.1 Å². The van der Waals surface area contributed by atoms with E-state index in [4.69, 9.17) is 9.97 Å². The minimum absolute atomic E-state index is 0.0682. The van der Waals surface area contributed by atoms with Gasteiger partial charge in [-0.05, 0) is 77.9 Å². The molecule has 8 aromatic carbocycles. The summed E-state index contributed by atoms with van der Waals surface area (Å²) in [6.45, 7) is 0. The van der Waals surface area contributed by atoms with Gasteiger partial charge in [-0.3, -0.25) is 0 Å². The lowest BCUT2D eigenvalue weighted by atomic mass is 9.99. The highest BCUT2D eigenvalue weighted by Crippen LogP contribution is 2.43. The van der Waals surface area contributed by atoms with Gasteiger partial charge in [0.2, 0.25) is 0 Å². The largest absolute Gasteiger partial charge is 0.418 e. The van der Waals surface area contributed by atoms with E-state index in [1.807, 2.05) is 170 Å². The van der Waals surface area contributed by atoms with Crippen molar-refractivity contribution in [1.82, 2.24) is 19.1 Å². The Bertz CT molecular complexity index is 3470. The van der Waals surface area contributed by atoms with E-state index < -0.39 is 11.7 Å². The number of nitrogens with zero attached hydrogens (tertiary/aromatic N) is 5. The van der Waals surface area contributed by atoms with Crippen LogP contribution in [0.15, 0.2) is 194 Å². The maximum atomic E-state index is 15.2. The number of fused-ring (bicyclic) bond motifs is 6. The van der Waals surface area contributed by atoms with E-state index in [0.29, 0.717) is 39.1 Å². The molecule has 11 rings (SSSR count). The first-order chi connectivity index (χ1) is 30.3. The molecular weight excluding hydrogens is 776 g/mol. The third-order valence-electron chi connectivity index (χ3n) is 11.6. The van der Waals surface area contributed by atoms with Crippen molar-refractivity contribution in [1.29, 1.82) is 5.26 Å². The Morgan fingerprint density at radius 1 is 0.419 bits per heavy atom. The average Bonchev–Trinajstić information content (AvgIpc) is 3.84. The first kappa shape index (κ1) is 36.8. The average molecular weight is 808 g/mol. The fourth-order valence-electron chi connectivity index (χ4n) is 8.79. The van der Waals surface area contributed by atoms with Gasteiger partial charge in [-0.1, -0.05) is 127 Å². The topological polar surface area (TPSA) is 59.4 Å². The van der Waals surface area contributed by atoms with Crippen LogP contribution in [0.5, 0.6) is 0 Å². The Kier molecular flexibility index (Phi) is 8.58. The van der Waals surface area contributed by atoms with Crippen LogP contribution in [0.2, 0.25) is 0 Å². The fraction of sp³-hybridized carbons (Fsp3) is 0.0185. The Morgan fingerprint density at radius 2 is 0.887 bits per heavy atom. The summed E-state index contributed by atoms with van der Waals surface area (Å²) in [7, 11) is 0. The van der Waals surface area contributed by atoms with Crippen LogP contribution in [0, 0.1) is 11.3 Å². The molecule has 0 aliphatic heterocycles. The van der Waals surface area contributed by atoms with Gasteiger partial charge in [0.15, 0.2) is 5.82 Å². The zero-order valence-corrected chi connectivity index (χ0v) is 32.8. The minimum Gasteiger partial charge on any atom is -0.309 e. The van der Waals surface area contributed by atoms with Crippen LogP contribution in [0.1, 0.15) is 11.1 Å². The molecule has 0 saturated heterocycles. The van der Waals surface area contributed by atoms with Gasteiger partial charge in [0.1, 0.15) is 0 Å². The third-order valence-corrected chi connectivity index (χ3v) is 11.6. The second kappa shape index (κ2) is 14.5. The van der Waals surface area contributed by atoms with Gasteiger partial charge in [-0.2, -0.15) is 18.4 Å². The normalized spacial score (nSPS) is 11.8. The van der Waals surface area contributed by atoms with Gasteiger partial charge in [0.05, 0.1) is 62.0 Å². The molecule has 11 aromatic rings. The molecule has 0 N–H and O–H groups in total. The molecule has 3 aromatic heterocycles. The Labute approximate surface area is 353 Å². The Hall–Kier alpha value is -8.28. The molecule has 0 aliphatic carbocycles. The van der Waals surface area contributed by atoms with E-state index in [-0.39, 0.29) is 5.69 Å². The number of alkyl halides is 3. The highest BCUT2D eigenvalue weighted by molar-refractivity contribution is 6.11. The lowest BCUT2D eigenvalue weighted by Gasteiger charge is -2.18. The molecule has 0 radical (unpaired) electrons. The van der Waals surface area contributed by atoms with Gasteiger partial charge in [0.25, 0.3) is 0 Å². The molecule has 0 spiro atoms. The minimum atomic E-state index is -4.63. The van der Waals surface area contributed by atoms with Gasteiger partial charge in [-0.25, -0.2) is 9.97 Å². The van der Waals surface area contributed by atoms with Crippen LogP contribution in [0.3, 0.4) is 0 Å². The summed E-state index contributed by atoms with van der Waals surface area (Å²) in [5.74, 6) is 0.447.